The predicted octanol–water partition coefficient (Wildman–Crippen LogP) is 1.14. The highest BCUT2D eigenvalue weighted by Crippen LogP contribution is 2.22. The van der Waals surface area contributed by atoms with Crippen molar-refractivity contribution in [3.8, 4) is 0 Å². The number of ether oxygens (including phenoxy) is 1. The molecule has 0 aromatic heterocycles. The average Bonchev–Trinajstić information content (AvgIpc) is 2.46. The van der Waals surface area contributed by atoms with Crippen LogP contribution in [0.2, 0.25) is 0 Å². The molecule has 0 saturated carbocycles. The van der Waals surface area contributed by atoms with Gasteiger partial charge in [-0.05, 0) is 12.1 Å². The third-order valence-electron chi connectivity index (χ3n) is 3.38. The van der Waals surface area contributed by atoms with E-state index in [1.54, 1.807) is 13.0 Å². The molecule has 0 spiro atoms. The average molecular weight is 262 g/mol. The summed E-state index contributed by atoms with van der Waals surface area (Å²) < 4.78 is 4.80. The summed E-state index contributed by atoms with van der Waals surface area (Å²) in [5, 5.41) is 0. The van der Waals surface area contributed by atoms with E-state index >= 15 is 0 Å². The second-order valence-corrected chi connectivity index (χ2v) is 4.50. The number of carbonyl (C=O) groups excluding carboxylic acids is 2. The Labute approximate surface area is 112 Å². The van der Waals surface area contributed by atoms with Crippen LogP contribution in [0.3, 0.4) is 0 Å². The van der Waals surface area contributed by atoms with Gasteiger partial charge in [0, 0.05) is 33.1 Å². The lowest BCUT2D eigenvalue weighted by molar-refractivity contribution is -0.129. The number of carbonyl (C=O) groups is 2. The summed E-state index contributed by atoms with van der Waals surface area (Å²) in [6.45, 7) is 4.41. The zero-order chi connectivity index (χ0) is 13.8. The summed E-state index contributed by atoms with van der Waals surface area (Å²) in [4.78, 5) is 27.0. The number of benzene rings is 1. The SMILES string of the molecule is COC(=O)c1ccccc1N1CCN(C(C)=O)CC1. The summed E-state index contributed by atoms with van der Waals surface area (Å²) in [7, 11) is 1.38. The lowest BCUT2D eigenvalue weighted by atomic mass is 10.1. The molecular weight excluding hydrogens is 244 g/mol. The Kier molecular flexibility index (Phi) is 4.04. The molecule has 0 radical (unpaired) electrons. The number of nitrogens with zero attached hydrogens (tertiary/aromatic N) is 2. The first-order valence-corrected chi connectivity index (χ1v) is 6.31. The second-order valence-electron chi connectivity index (χ2n) is 4.50. The molecule has 102 valence electrons. The highest BCUT2D eigenvalue weighted by molar-refractivity contribution is 5.95. The quantitative estimate of drug-likeness (QED) is 0.750. The predicted molar refractivity (Wildman–Crippen MR) is 72.2 cm³/mol. The van der Waals surface area contributed by atoms with E-state index in [9.17, 15) is 9.59 Å². The van der Waals surface area contributed by atoms with Gasteiger partial charge in [0.1, 0.15) is 0 Å². The van der Waals surface area contributed by atoms with E-state index in [4.69, 9.17) is 4.74 Å². The maximum Gasteiger partial charge on any atom is 0.339 e. The number of para-hydroxylation sites is 1. The van der Waals surface area contributed by atoms with Crippen LogP contribution in [0.15, 0.2) is 24.3 Å². The first-order valence-electron chi connectivity index (χ1n) is 6.31. The maximum absolute atomic E-state index is 11.7. The van der Waals surface area contributed by atoms with Gasteiger partial charge in [-0.1, -0.05) is 12.1 Å². The number of amides is 1. The van der Waals surface area contributed by atoms with Crippen molar-refractivity contribution in [3.63, 3.8) is 0 Å². The van der Waals surface area contributed by atoms with E-state index < -0.39 is 0 Å². The minimum Gasteiger partial charge on any atom is -0.465 e. The summed E-state index contributed by atoms with van der Waals surface area (Å²) in [6, 6.07) is 7.40. The van der Waals surface area contributed by atoms with Gasteiger partial charge >= 0.3 is 5.97 Å². The fourth-order valence-corrected chi connectivity index (χ4v) is 2.29. The van der Waals surface area contributed by atoms with Gasteiger partial charge in [-0.2, -0.15) is 0 Å². The minimum atomic E-state index is -0.329. The lowest BCUT2D eigenvalue weighted by Gasteiger charge is -2.36. The molecule has 19 heavy (non-hydrogen) atoms. The standard InChI is InChI=1S/C14H18N2O3/c1-11(17)15-7-9-16(10-8-15)13-6-4-3-5-12(13)14(18)19-2/h3-6H,7-10H2,1-2H3. The molecular formula is C14H18N2O3. The fourth-order valence-electron chi connectivity index (χ4n) is 2.29. The number of hydrogen-bond donors (Lipinski definition) is 0. The molecule has 1 amide bonds. The summed E-state index contributed by atoms with van der Waals surface area (Å²) in [5.41, 5.74) is 1.44. The van der Waals surface area contributed by atoms with Crippen molar-refractivity contribution in [2.45, 2.75) is 6.92 Å². The maximum atomic E-state index is 11.7. The van der Waals surface area contributed by atoms with Crippen LogP contribution in [-0.2, 0) is 9.53 Å². The van der Waals surface area contributed by atoms with Crippen LogP contribution in [-0.4, -0.2) is 50.1 Å². The molecule has 1 aromatic rings. The number of hydrogen-bond acceptors (Lipinski definition) is 4. The molecule has 1 fully saturated rings. The van der Waals surface area contributed by atoms with Crippen LogP contribution >= 0.6 is 0 Å². The van der Waals surface area contributed by atoms with Crippen molar-refractivity contribution < 1.29 is 14.3 Å². The van der Waals surface area contributed by atoms with E-state index in [0.29, 0.717) is 18.7 Å². The molecule has 1 aromatic carbocycles. The van der Waals surface area contributed by atoms with Gasteiger partial charge < -0.3 is 14.5 Å². The molecule has 1 aliphatic heterocycles. The number of anilines is 1. The van der Waals surface area contributed by atoms with Crippen LogP contribution in [0.25, 0.3) is 0 Å². The number of methoxy groups -OCH3 is 1. The van der Waals surface area contributed by atoms with E-state index in [0.717, 1.165) is 18.8 Å². The smallest absolute Gasteiger partial charge is 0.339 e. The highest BCUT2D eigenvalue weighted by Gasteiger charge is 2.22. The van der Waals surface area contributed by atoms with E-state index in [2.05, 4.69) is 4.90 Å². The van der Waals surface area contributed by atoms with Crippen LogP contribution < -0.4 is 4.90 Å². The monoisotopic (exact) mass is 262 g/mol. The third kappa shape index (κ3) is 2.86. The first kappa shape index (κ1) is 13.4. The van der Waals surface area contributed by atoms with Gasteiger partial charge in [0.2, 0.25) is 5.91 Å². The van der Waals surface area contributed by atoms with Crippen LogP contribution in [0, 0.1) is 0 Å². The Bertz CT molecular complexity index is 479. The van der Waals surface area contributed by atoms with E-state index in [1.807, 2.05) is 23.1 Å². The minimum absolute atomic E-state index is 0.0981. The number of piperazine rings is 1. The first-order chi connectivity index (χ1) is 9.13. The van der Waals surface area contributed by atoms with Crippen LogP contribution in [0.4, 0.5) is 5.69 Å². The molecule has 0 bridgehead atoms. The van der Waals surface area contributed by atoms with Crippen LogP contribution in [0.1, 0.15) is 17.3 Å². The topological polar surface area (TPSA) is 49.9 Å². The van der Waals surface area contributed by atoms with E-state index in [1.165, 1.54) is 7.11 Å². The normalized spacial score (nSPS) is 15.3. The fraction of sp³-hybridized carbons (Fsp3) is 0.429. The molecule has 2 rings (SSSR count). The van der Waals surface area contributed by atoms with Gasteiger partial charge in [0.15, 0.2) is 0 Å². The molecule has 5 nitrogen and oxygen atoms in total. The van der Waals surface area contributed by atoms with Crippen molar-refractivity contribution in [3.05, 3.63) is 29.8 Å². The molecule has 0 atom stereocenters. The molecule has 0 aliphatic carbocycles. The van der Waals surface area contributed by atoms with Crippen molar-refractivity contribution >= 4 is 17.6 Å². The van der Waals surface area contributed by atoms with Crippen molar-refractivity contribution in [2.24, 2.45) is 0 Å². The Morgan fingerprint density at radius 3 is 2.32 bits per heavy atom. The number of rotatable bonds is 2. The second kappa shape index (κ2) is 5.73. The van der Waals surface area contributed by atoms with Crippen molar-refractivity contribution in [1.29, 1.82) is 0 Å². The molecule has 1 aliphatic rings. The number of esters is 1. The Balaban J connectivity index is 2.15. The van der Waals surface area contributed by atoms with Gasteiger partial charge in [0.05, 0.1) is 18.4 Å². The largest absolute Gasteiger partial charge is 0.465 e. The Morgan fingerprint density at radius 1 is 1.11 bits per heavy atom. The lowest BCUT2D eigenvalue weighted by Crippen LogP contribution is -2.48. The van der Waals surface area contributed by atoms with Gasteiger partial charge in [-0.15, -0.1) is 0 Å². The zero-order valence-electron chi connectivity index (χ0n) is 11.3. The zero-order valence-corrected chi connectivity index (χ0v) is 11.3. The Hall–Kier alpha value is -2.04. The molecule has 1 saturated heterocycles. The van der Waals surface area contributed by atoms with Gasteiger partial charge in [-0.3, -0.25) is 4.79 Å². The molecule has 5 heteroatoms. The summed E-state index contributed by atoms with van der Waals surface area (Å²) >= 11 is 0. The molecule has 0 unspecified atom stereocenters. The van der Waals surface area contributed by atoms with Crippen molar-refractivity contribution in [2.75, 3.05) is 38.2 Å². The molecule has 1 heterocycles. The summed E-state index contributed by atoms with van der Waals surface area (Å²) in [5.74, 6) is -0.231. The summed E-state index contributed by atoms with van der Waals surface area (Å²) in [6.07, 6.45) is 0. The van der Waals surface area contributed by atoms with Crippen molar-refractivity contribution in [1.82, 2.24) is 4.90 Å². The van der Waals surface area contributed by atoms with Gasteiger partial charge in [-0.25, -0.2) is 4.79 Å². The van der Waals surface area contributed by atoms with Gasteiger partial charge in [0.25, 0.3) is 0 Å². The Morgan fingerprint density at radius 2 is 1.74 bits per heavy atom. The highest BCUT2D eigenvalue weighted by atomic mass is 16.5. The van der Waals surface area contributed by atoms with Crippen LogP contribution in [0.5, 0.6) is 0 Å². The third-order valence-corrected chi connectivity index (χ3v) is 3.38. The molecule has 0 N–H and O–H groups in total. The van der Waals surface area contributed by atoms with E-state index in [-0.39, 0.29) is 11.9 Å².